The molecule has 0 spiro atoms. The summed E-state index contributed by atoms with van der Waals surface area (Å²) in [4.78, 5) is 11.6. The van der Waals surface area contributed by atoms with E-state index in [1.165, 1.54) is 18.9 Å². The van der Waals surface area contributed by atoms with Crippen LogP contribution in [0.25, 0.3) is 0 Å². The van der Waals surface area contributed by atoms with Crippen LogP contribution in [0.2, 0.25) is 0 Å². The zero-order valence-electron chi connectivity index (χ0n) is 10.1. The first-order valence-electron chi connectivity index (χ1n) is 5.64. The summed E-state index contributed by atoms with van der Waals surface area (Å²) >= 11 is 0. The molecule has 0 radical (unpaired) electrons. The van der Waals surface area contributed by atoms with Gasteiger partial charge < -0.3 is 9.47 Å². The molecule has 1 aliphatic rings. The van der Waals surface area contributed by atoms with Crippen molar-refractivity contribution in [2.75, 3.05) is 14.2 Å². The van der Waals surface area contributed by atoms with Gasteiger partial charge in [0.15, 0.2) is 0 Å². The molecule has 1 aliphatic carbocycles. The lowest BCUT2D eigenvalue weighted by Gasteiger charge is -2.04. The van der Waals surface area contributed by atoms with Gasteiger partial charge in [-0.05, 0) is 17.9 Å². The van der Waals surface area contributed by atoms with Crippen molar-refractivity contribution in [3.8, 4) is 0 Å². The molecule has 17 heavy (non-hydrogen) atoms. The Bertz CT molecular complexity index is 422. The molecule has 3 nitrogen and oxygen atoms in total. The zero-order valence-corrected chi connectivity index (χ0v) is 10.1. The molecule has 0 aliphatic heterocycles. The van der Waals surface area contributed by atoms with Crippen molar-refractivity contribution in [3.05, 3.63) is 47.7 Å². The van der Waals surface area contributed by atoms with Crippen molar-refractivity contribution in [2.24, 2.45) is 5.92 Å². The summed E-state index contributed by atoms with van der Waals surface area (Å²) in [6.07, 6.45) is 2.48. The fourth-order valence-electron chi connectivity index (χ4n) is 2.14. The molecule has 0 N–H and O–H groups in total. The number of benzene rings is 1. The molecule has 0 amide bonds. The number of ether oxygens (including phenoxy) is 2. The number of methoxy groups -OCH3 is 2. The first-order chi connectivity index (χ1) is 8.27. The SMILES string of the molecule is CO/C=C(\C(=O)OC)[C@@H]1C[C@H]1c1ccccc1. The average Bonchev–Trinajstić information content (AvgIpc) is 3.16. The Kier molecular flexibility index (Phi) is 3.47. The first kappa shape index (κ1) is 11.7. The summed E-state index contributed by atoms with van der Waals surface area (Å²) in [6, 6.07) is 10.2. The van der Waals surface area contributed by atoms with Gasteiger partial charge in [0, 0.05) is 5.92 Å². The minimum Gasteiger partial charge on any atom is -0.504 e. The van der Waals surface area contributed by atoms with Crippen molar-refractivity contribution in [3.63, 3.8) is 0 Å². The molecule has 1 aromatic carbocycles. The van der Waals surface area contributed by atoms with E-state index in [0.29, 0.717) is 11.5 Å². The second-order valence-electron chi connectivity index (χ2n) is 4.16. The standard InChI is InChI=1S/C14H16O3/c1-16-9-13(14(15)17-2)12-8-11(12)10-6-4-3-5-7-10/h3-7,9,11-12H,8H2,1-2H3/b13-9-/t11-,12+/m0/s1. The van der Waals surface area contributed by atoms with Crippen LogP contribution < -0.4 is 0 Å². The van der Waals surface area contributed by atoms with Crippen molar-refractivity contribution < 1.29 is 14.3 Å². The van der Waals surface area contributed by atoms with Crippen LogP contribution in [-0.4, -0.2) is 20.2 Å². The Hall–Kier alpha value is -1.77. The fraction of sp³-hybridized carbons (Fsp3) is 0.357. The summed E-state index contributed by atoms with van der Waals surface area (Å²) < 4.78 is 9.71. The predicted octanol–water partition coefficient (Wildman–Crippen LogP) is 2.49. The summed E-state index contributed by atoms with van der Waals surface area (Å²) in [6.45, 7) is 0. The molecular weight excluding hydrogens is 216 g/mol. The molecular formula is C14H16O3. The lowest BCUT2D eigenvalue weighted by molar-refractivity contribution is -0.136. The van der Waals surface area contributed by atoms with Gasteiger partial charge in [0.1, 0.15) is 0 Å². The maximum atomic E-state index is 11.6. The number of esters is 1. The third-order valence-electron chi connectivity index (χ3n) is 3.08. The fourth-order valence-corrected chi connectivity index (χ4v) is 2.14. The Balaban J connectivity index is 2.11. The van der Waals surface area contributed by atoms with E-state index in [2.05, 4.69) is 12.1 Å². The highest BCUT2D eigenvalue weighted by atomic mass is 16.5. The molecule has 1 saturated carbocycles. The predicted molar refractivity (Wildman–Crippen MR) is 64.4 cm³/mol. The van der Waals surface area contributed by atoms with E-state index in [9.17, 15) is 4.79 Å². The van der Waals surface area contributed by atoms with Crippen LogP contribution in [0.5, 0.6) is 0 Å². The quantitative estimate of drug-likeness (QED) is 0.454. The highest BCUT2D eigenvalue weighted by Crippen LogP contribution is 2.51. The van der Waals surface area contributed by atoms with Crippen LogP contribution in [0, 0.1) is 5.92 Å². The van der Waals surface area contributed by atoms with E-state index in [1.54, 1.807) is 7.11 Å². The normalized spacial score (nSPS) is 23.1. The smallest absolute Gasteiger partial charge is 0.337 e. The molecule has 0 heterocycles. The maximum Gasteiger partial charge on any atom is 0.337 e. The van der Waals surface area contributed by atoms with Gasteiger partial charge in [0.2, 0.25) is 0 Å². The minimum atomic E-state index is -0.296. The zero-order chi connectivity index (χ0) is 12.3. The van der Waals surface area contributed by atoms with Crippen LogP contribution in [-0.2, 0) is 14.3 Å². The number of carbonyl (C=O) groups excluding carboxylic acids is 1. The van der Waals surface area contributed by atoms with Crippen molar-refractivity contribution in [2.45, 2.75) is 12.3 Å². The van der Waals surface area contributed by atoms with Crippen molar-refractivity contribution in [1.82, 2.24) is 0 Å². The number of carbonyl (C=O) groups is 1. The van der Waals surface area contributed by atoms with Gasteiger partial charge in [-0.2, -0.15) is 0 Å². The lowest BCUT2D eigenvalue weighted by atomic mass is 10.1. The molecule has 1 fully saturated rings. The maximum absolute atomic E-state index is 11.6. The summed E-state index contributed by atoms with van der Waals surface area (Å²) in [5.41, 5.74) is 1.90. The topological polar surface area (TPSA) is 35.5 Å². The monoisotopic (exact) mass is 232 g/mol. The van der Waals surface area contributed by atoms with E-state index < -0.39 is 0 Å². The van der Waals surface area contributed by atoms with Crippen molar-refractivity contribution >= 4 is 5.97 Å². The first-order valence-corrected chi connectivity index (χ1v) is 5.64. The van der Waals surface area contributed by atoms with Gasteiger partial charge in [-0.3, -0.25) is 0 Å². The van der Waals surface area contributed by atoms with Gasteiger partial charge in [-0.1, -0.05) is 30.3 Å². The van der Waals surface area contributed by atoms with Gasteiger partial charge in [-0.15, -0.1) is 0 Å². The molecule has 0 aromatic heterocycles. The van der Waals surface area contributed by atoms with Gasteiger partial charge in [0.25, 0.3) is 0 Å². The molecule has 0 saturated heterocycles. The van der Waals surface area contributed by atoms with Gasteiger partial charge >= 0.3 is 5.97 Å². The Morgan fingerprint density at radius 3 is 2.59 bits per heavy atom. The lowest BCUT2D eigenvalue weighted by Crippen LogP contribution is -2.07. The van der Waals surface area contributed by atoms with E-state index >= 15 is 0 Å². The third kappa shape index (κ3) is 2.49. The molecule has 3 heteroatoms. The summed E-state index contributed by atoms with van der Waals surface area (Å²) in [5, 5.41) is 0. The highest BCUT2D eigenvalue weighted by Gasteiger charge is 2.44. The summed E-state index contributed by atoms with van der Waals surface area (Å²) in [5.74, 6) is 0.344. The second-order valence-corrected chi connectivity index (χ2v) is 4.16. The van der Waals surface area contributed by atoms with Crippen LogP contribution in [0.15, 0.2) is 42.2 Å². The number of rotatable bonds is 4. The van der Waals surface area contributed by atoms with E-state index in [4.69, 9.17) is 9.47 Å². The molecule has 90 valence electrons. The van der Waals surface area contributed by atoms with Gasteiger partial charge in [-0.25, -0.2) is 4.79 Å². The minimum absolute atomic E-state index is 0.227. The summed E-state index contributed by atoms with van der Waals surface area (Å²) in [7, 11) is 2.94. The molecule has 2 atom stereocenters. The Labute approximate surface area is 101 Å². The van der Waals surface area contributed by atoms with E-state index in [1.807, 2.05) is 18.2 Å². The largest absolute Gasteiger partial charge is 0.504 e. The van der Waals surface area contributed by atoms with E-state index in [-0.39, 0.29) is 11.9 Å². The van der Waals surface area contributed by atoms with Crippen LogP contribution in [0.1, 0.15) is 17.9 Å². The number of hydrogen-bond acceptors (Lipinski definition) is 3. The van der Waals surface area contributed by atoms with E-state index in [0.717, 1.165) is 6.42 Å². The Morgan fingerprint density at radius 2 is 2.00 bits per heavy atom. The Morgan fingerprint density at radius 1 is 1.29 bits per heavy atom. The third-order valence-corrected chi connectivity index (χ3v) is 3.08. The average molecular weight is 232 g/mol. The molecule has 0 bridgehead atoms. The highest BCUT2D eigenvalue weighted by molar-refractivity contribution is 5.89. The molecule has 1 aromatic rings. The number of hydrogen-bond donors (Lipinski definition) is 0. The van der Waals surface area contributed by atoms with Crippen LogP contribution >= 0.6 is 0 Å². The van der Waals surface area contributed by atoms with Crippen LogP contribution in [0.3, 0.4) is 0 Å². The molecule has 0 unspecified atom stereocenters. The molecule has 2 rings (SSSR count). The van der Waals surface area contributed by atoms with Crippen molar-refractivity contribution in [1.29, 1.82) is 0 Å². The van der Waals surface area contributed by atoms with Gasteiger partial charge in [0.05, 0.1) is 26.1 Å². The second kappa shape index (κ2) is 5.04. The van der Waals surface area contributed by atoms with Crippen LogP contribution in [0.4, 0.5) is 0 Å².